The largest absolute Gasteiger partial charge is 0.494 e. The summed E-state index contributed by atoms with van der Waals surface area (Å²) in [5.74, 6) is 0.536. The third-order valence-electron chi connectivity index (χ3n) is 1.32. The van der Waals surface area contributed by atoms with E-state index in [9.17, 15) is 9.13 Å². The summed E-state index contributed by atoms with van der Waals surface area (Å²) in [5, 5.41) is 0. The fourth-order valence-electron chi connectivity index (χ4n) is 0.857. The minimum Gasteiger partial charge on any atom is -0.287 e. The molecule has 1 unspecified atom stereocenters. The normalized spacial score (nSPS) is 15.6. The third kappa shape index (κ3) is 7.26. The van der Waals surface area contributed by atoms with Crippen LogP contribution >= 0.6 is 27.7 Å². The highest BCUT2D eigenvalue weighted by atomic mass is 32.2. The van der Waals surface area contributed by atoms with Gasteiger partial charge in [-0.05, 0) is 20.8 Å². The first kappa shape index (κ1) is 18.6. The molecule has 0 bridgehead atoms. The van der Waals surface area contributed by atoms with Crippen molar-refractivity contribution in [2.45, 2.75) is 27.7 Å². The van der Waals surface area contributed by atoms with Gasteiger partial charge in [0, 0.05) is 17.8 Å². The number of phosphoric ester groups is 1. The Balaban J connectivity index is 4.79. The minimum absolute atomic E-state index is 0.0831. The van der Waals surface area contributed by atoms with Gasteiger partial charge in [-0.25, -0.2) is 13.1 Å². The van der Waals surface area contributed by atoms with Gasteiger partial charge >= 0.3 is 15.6 Å². The van der Waals surface area contributed by atoms with Crippen LogP contribution in [0.25, 0.3) is 0 Å². The topological polar surface area (TPSA) is 80.3 Å². The lowest BCUT2D eigenvalue weighted by Crippen LogP contribution is -2.02. The summed E-state index contributed by atoms with van der Waals surface area (Å²) in [6.45, 7) is 6.90. The lowest BCUT2D eigenvalue weighted by Gasteiger charge is -2.21. The van der Waals surface area contributed by atoms with E-state index in [2.05, 4.69) is 0 Å². The first-order chi connectivity index (χ1) is 8.45. The summed E-state index contributed by atoms with van der Waals surface area (Å²) in [4.78, 5) is 0. The summed E-state index contributed by atoms with van der Waals surface area (Å²) >= 11 is 0.887. The van der Waals surface area contributed by atoms with E-state index in [0.717, 1.165) is 12.0 Å². The monoisotopic (exact) mass is 322 g/mol. The van der Waals surface area contributed by atoms with Crippen molar-refractivity contribution in [3.05, 3.63) is 0 Å². The molecule has 0 aliphatic carbocycles. The van der Waals surface area contributed by atoms with Gasteiger partial charge in [0.2, 0.25) is 0 Å². The molecular formula is C8H20O7P2S. The maximum Gasteiger partial charge on any atom is 0.494 e. The molecule has 10 heteroatoms. The molecule has 1 atom stereocenters. The van der Waals surface area contributed by atoms with Crippen LogP contribution in [0, 0.1) is 0 Å². The first-order valence-electron chi connectivity index (χ1n) is 5.61. The van der Waals surface area contributed by atoms with Gasteiger partial charge in [-0.3, -0.25) is 13.6 Å². The SMILES string of the molecule is CCOP(=O)(OCC)OP(=O)(OCC)OSCC. The lowest BCUT2D eigenvalue weighted by molar-refractivity contribution is 0.142. The van der Waals surface area contributed by atoms with Crippen LogP contribution in [0.1, 0.15) is 27.7 Å². The molecule has 0 N–H and O–H groups in total. The summed E-state index contributed by atoms with van der Waals surface area (Å²) < 4.78 is 48.5. The van der Waals surface area contributed by atoms with Crippen LogP contribution in [-0.4, -0.2) is 25.6 Å². The Morgan fingerprint density at radius 2 is 1.28 bits per heavy atom. The molecule has 0 aromatic rings. The Labute approximate surface area is 112 Å². The molecule has 0 aliphatic rings. The molecule has 18 heavy (non-hydrogen) atoms. The van der Waals surface area contributed by atoms with E-state index in [-0.39, 0.29) is 19.8 Å². The Bertz CT molecular complexity index is 302. The van der Waals surface area contributed by atoms with Crippen LogP contribution in [0.5, 0.6) is 0 Å². The van der Waals surface area contributed by atoms with E-state index in [1.807, 2.05) is 0 Å². The van der Waals surface area contributed by atoms with Gasteiger partial charge in [-0.2, -0.15) is 4.31 Å². The molecule has 0 fully saturated rings. The highest BCUT2D eigenvalue weighted by Crippen LogP contribution is 2.67. The predicted molar refractivity (Wildman–Crippen MR) is 70.4 cm³/mol. The van der Waals surface area contributed by atoms with Crippen LogP contribution < -0.4 is 0 Å². The highest BCUT2D eigenvalue weighted by molar-refractivity contribution is 7.98. The van der Waals surface area contributed by atoms with Crippen LogP contribution in [0.2, 0.25) is 0 Å². The molecule has 0 saturated heterocycles. The molecule has 0 aromatic carbocycles. The second-order valence-corrected chi connectivity index (χ2v) is 7.34. The van der Waals surface area contributed by atoms with Gasteiger partial charge in [0.25, 0.3) is 0 Å². The molecule has 0 radical (unpaired) electrons. The van der Waals surface area contributed by atoms with Crippen LogP contribution in [0.15, 0.2) is 0 Å². The van der Waals surface area contributed by atoms with Crippen molar-refractivity contribution in [1.82, 2.24) is 0 Å². The Morgan fingerprint density at radius 3 is 1.67 bits per heavy atom. The minimum atomic E-state index is -3.97. The number of hydrogen-bond acceptors (Lipinski definition) is 8. The summed E-state index contributed by atoms with van der Waals surface area (Å²) in [5.41, 5.74) is 0. The standard InChI is InChI=1S/C8H20O7P2S/c1-5-11-16(9,12-6-2)14-17(10,13-7-3)15-18-8-4/h5-8H2,1-4H3. The molecular weight excluding hydrogens is 302 g/mol. The van der Waals surface area contributed by atoms with Crippen molar-refractivity contribution < 1.29 is 31.0 Å². The number of phosphoric acid groups is 2. The van der Waals surface area contributed by atoms with E-state index in [4.69, 9.17) is 21.9 Å². The van der Waals surface area contributed by atoms with Gasteiger partial charge in [0.1, 0.15) is 0 Å². The molecule has 110 valence electrons. The van der Waals surface area contributed by atoms with Crippen molar-refractivity contribution in [3.8, 4) is 0 Å². The zero-order chi connectivity index (χ0) is 14.1. The van der Waals surface area contributed by atoms with Gasteiger partial charge in [-0.1, -0.05) is 6.92 Å². The van der Waals surface area contributed by atoms with Crippen molar-refractivity contribution >= 4 is 27.7 Å². The van der Waals surface area contributed by atoms with Crippen molar-refractivity contribution in [1.29, 1.82) is 0 Å². The van der Waals surface area contributed by atoms with E-state index < -0.39 is 15.6 Å². The fourth-order valence-corrected chi connectivity index (χ4v) is 4.89. The summed E-state index contributed by atoms with van der Waals surface area (Å²) in [6.07, 6.45) is 0. The van der Waals surface area contributed by atoms with E-state index >= 15 is 0 Å². The van der Waals surface area contributed by atoms with Gasteiger partial charge in [0.15, 0.2) is 0 Å². The Hall–Kier alpha value is 0.610. The van der Waals surface area contributed by atoms with Crippen molar-refractivity contribution in [3.63, 3.8) is 0 Å². The van der Waals surface area contributed by atoms with Gasteiger partial charge in [0.05, 0.1) is 19.8 Å². The van der Waals surface area contributed by atoms with Crippen LogP contribution in [-0.2, 0) is 31.0 Å². The van der Waals surface area contributed by atoms with E-state index in [0.29, 0.717) is 5.75 Å². The zero-order valence-corrected chi connectivity index (χ0v) is 13.6. The molecule has 0 rings (SSSR count). The fraction of sp³-hybridized carbons (Fsp3) is 1.00. The number of hydrogen-bond donors (Lipinski definition) is 0. The maximum absolute atomic E-state index is 12.1. The molecule has 0 amide bonds. The lowest BCUT2D eigenvalue weighted by atomic mass is 10.9. The summed E-state index contributed by atoms with van der Waals surface area (Å²) in [7, 11) is -7.90. The average molecular weight is 322 g/mol. The smallest absolute Gasteiger partial charge is 0.287 e. The predicted octanol–water partition coefficient (Wildman–Crippen LogP) is 4.01. The van der Waals surface area contributed by atoms with Gasteiger partial charge < -0.3 is 0 Å². The zero-order valence-electron chi connectivity index (χ0n) is 11.0. The Kier molecular flexibility index (Phi) is 9.83. The quantitative estimate of drug-likeness (QED) is 0.417. The van der Waals surface area contributed by atoms with E-state index in [1.54, 1.807) is 27.7 Å². The molecule has 0 aromatic heterocycles. The first-order valence-corrected chi connectivity index (χ1v) is 9.44. The molecule has 7 nitrogen and oxygen atoms in total. The molecule has 0 saturated carbocycles. The summed E-state index contributed by atoms with van der Waals surface area (Å²) in [6, 6.07) is 0. The van der Waals surface area contributed by atoms with Gasteiger partial charge in [-0.15, -0.1) is 0 Å². The van der Waals surface area contributed by atoms with Crippen LogP contribution in [0.3, 0.4) is 0 Å². The third-order valence-corrected chi connectivity index (χ3v) is 6.03. The average Bonchev–Trinajstić information content (AvgIpc) is 2.27. The second kappa shape index (κ2) is 9.50. The molecule has 0 aliphatic heterocycles. The maximum atomic E-state index is 12.1. The number of rotatable bonds is 11. The van der Waals surface area contributed by atoms with Crippen LogP contribution in [0.4, 0.5) is 0 Å². The van der Waals surface area contributed by atoms with Crippen molar-refractivity contribution in [2.75, 3.05) is 25.6 Å². The highest BCUT2D eigenvalue weighted by Gasteiger charge is 2.40. The molecule has 0 heterocycles. The van der Waals surface area contributed by atoms with E-state index in [1.165, 1.54) is 0 Å². The van der Waals surface area contributed by atoms with Crippen molar-refractivity contribution in [2.24, 2.45) is 0 Å². The Morgan fingerprint density at radius 1 is 0.833 bits per heavy atom. The molecule has 0 spiro atoms. The second-order valence-electron chi connectivity index (χ2n) is 2.71.